The van der Waals surface area contributed by atoms with Gasteiger partial charge in [0.25, 0.3) is 0 Å². The van der Waals surface area contributed by atoms with E-state index in [1.165, 1.54) is 12.1 Å². The van der Waals surface area contributed by atoms with Crippen molar-refractivity contribution in [2.75, 3.05) is 0 Å². The Kier molecular flexibility index (Phi) is 4.02. The minimum atomic E-state index is -0.723. The summed E-state index contributed by atoms with van der Waals surface area (Å²) >= 11 is 0. The van der Waals surface area contributed by atoms with E-state index >= 15 is 0 Å². The maximum absolute atomic E-state index is 13.2. The van der Waals surface area contributed by atoms with Crippen molar-refractivity contribution in [3.63, 3.8) is 0 Å². The fraction of sp³-hybridized carbons (Fsp3) is 0.188. The Morgan fingerprint density at radius 1 is 1.25 bits per heavy atom. The van der Waals surface area contributed by atoms with Crippen molar-refractivity contribution in [1.82, 2.24) is 0 Å². The number of hydrogen-bond acceptors (Lipinski definition) is 3. The van der Waals surface area contributed by atoms with Crippen LogP contribution < -0.4 is 4.74 Å². The third-order valence-corrected chi connectivity index (χ3v) is 2.95. The number of benzene rings is 2. The molecule has 2 rings (SSSR count). The standard InChI is InChI=1S/C16H14FNO2/c1-10-7-13(4-6-15(10)17)20-16-8-12(9-18)3-5-14(16)11(2)19/h3-8,11,19H,1-2H3/t11-/m0/s1. The second kappa shape index (κ2) is 5.72. The van der Waals surface area contributed by atoms with E-state index in [4.69, 9.17) is 10.00 Å². The van der Waals surface area contributed by atoms with Crippen molar-refractivity contribution >= 4 is 0 Å². The van der Waals surface area contributed by atoms with Crippen LogP contribution in [0, 0.1) is 24.1 Å². The molecule has 0 fully saturated rings. The van der Waals surface area contributed by atoms with E-state index in [1.807, 2.05) is 6.07 Å². The molecule has 102 valence electrons. The predicted octanol–water partition coefficient (Wildman–Crippen LogP) is 3.85. The molecule has 0 unspecified atom stereocenters. The lowest BCUT2D eigenvalue weighted by Crippen LogP contribution is -1.97. The van der Waals surface area contributed by atoms with Gasteiger partial charge in [-0.3, -0.25) is 0 Å². The van der Waals surface area contributed by atoms with Gasteiger partial charge in [0.1, 0.15) is 17.3 Å². The fourth-order valence-electron chi connectivity index (χ4n) is 1.85. The van der Waals surface area contributed by atoms with Gasteiger partial charge in [-0.05, 0) is 49.7 Å². The van der Waals surface area contributed by atoms with Crippen LogP contribution in [-0.2, 0) is 0 Å². The van der Waals surface area contributed by atoms with Crippen LogP contribution in [0.25, 0.3) is 0 Å². The number of nitriles is 1. The molecule has 2 aromatic carbocycles. The minimum absolute atomic E-state index is 0.307. The molecule has 0 saturated carbocycles. The Balaban J connectivity index is 2.40. The number of aliphatic hydroxyl groups excluding tert-OH is 1. The van der Waals surface area contributed by atoms with Crippen molar-refractivity contribution in [2.45, 2.75) is 20.0 Å². The van der Waals surface area contributed by atoms with Crippen molar-refractivity contribution in [2.24, 2.45) is 0 Å². The Labute approximate surface area is 116 Å². The Morgan fingerprint density at radius 3 is 2.60 bits per heavy atom. The summed E-state index contributed by atoms with van der Waals surface area (Å²) < 4.78 is 18.9. The highest BCUT2D eigenvalue weighted by Gasteiger charge is 2.12. The van der Waals surface area contributed by atoms with Crippen LogP contribution in [0.5, 0.6) is 11.5 Å². The molecule has 4 heteroatoms. The van der Waals surface area contributed by atoms with Gasteiger partial charge < -0.3 is 9.84 Å². The van der Waals surface area contributed by atoms with E-state index in [0.29, 0.717) is 28.2 Å². The van der Waals surface area contributed by atoms with Crippen LogP contribution in [-0.4, -0.2) is 5.11 Å². The number of aryl methyl sites for hydroxylation is 1. The lowest BCUT2D eigenvalue weighted by Gasteiger charge is -2.14. The zero-order chi connectivity index (χ0) is 14.7. The van der Waals surface area contributed by atoms with Gasteiger partial charge in [0, 0.05) is 5.56 Å². The molecular weight excluding hydrogens is 257 g/mol. The third kappa shape index (κ3) is 2.95. The maximum Gasteiger partial charge on any atom is 0.134 e. The molecule has 20 heavy (non-hydrogen) atoms. The van der Waals surface area contributed by atoms with Gasteiger partial charge in [-0.1, -0.05) is 6.07 Å². The average molecular weight is 271 g/mol. The largest absolute Gasteiger partial charge is 0.457 e. The first-order valence-corrected chi connectivity index (χ1v) is 6.17. The second-order valence-electron chi connectivity index (χ2n) is 4.55. The number of nitrogens with zero attached hydrogens (tertiary/aromatic N) is 1. The first kappa shape index (κ1) is 14.0. The van der Waals surface area contributed by atoms with E-state index in [2.05, 4.69) is 0 Å². The highest BCUT2D eigenvalue weighted by molar-refractivity contribution is 5.46. The van der Waals surface area contributed by atoms with E-state index < -0.39 is 6.10 Å². The molecule has 1 atom stereocenters. The Hall–Kier alpha value is -2.38. The summed E-state index contributed by atoms with van der Waals surface area (Å²) in [4.78, 5) is 0. The highest BCUT2D eigenvalue weighted by Crippen LogP contribution is 2.31. The maximum atomic E-state index is 13.2. The third-order valence-electron chi connectivity index (χ3n) is 2.95. The van der Waals surface area contributed by atoms with Crippen molar-refractivity contribution in [3.05, 3.63) is 58.9 Å². The summed E-state index contributed by atoms with van der Waals surface area (Å²) in [6.07, 6.45) is -0.723. The van der Waals surface area contributed by atoms with Gasteiger partial charge in [0.2, 0.25) is 0 Å². The van der Waals surface area contributed by atoms with E-state index in [9.17, 15) is 9.50 Å². The average Bonchev–Trinajstić information content (AvgIpc) is 2.42. The van der Waals surface area contributed by atoms with Crippen molar-refractivity contribution in [1.29, 1.82) is 5.26 Å². The number of halogens is 1. The van der Waals surface area contributed by atoms with Gasteiger partial charge in [0.05, 0.1) is 17.7 Å². The van der Waals surface area contributed by atoms with Gasteiger partial charge >= 0.3 is 0 Å². The van der Waals surface area contributed by atoms with E-state index in [-0.39, 0.29) is 5.82 Å². The van der Waals surface area contributed by atoms with Gasteiger partial charge in [0.15, 0.2) is 0 Å². The Bertz CT molecular complexity index is 675. The van der Waals surface area contributed by atoms with Gasteiger partial charge in [-0.15, -0.1) is 0 Å². The molecule has 0 heterocycles. The molecule has 0 aromatic heterocycles. The summed E-state index contributed by atoms with van der Waals surface area (Å²) in [7, 11) is 0. The zero-order valence-electron chi connectivity index (χ0n) is 11.2. The lowest BCUT2D eigenvalue weighted by molar-refractivity contribution is 0.195. The molecule has 0 aliphatic heterocycles. The fourth-order valence-corrected chi connectivity index (χ4v) is 1.85. The van der Waals surface area contributed by atoms with Crippen LogP contribution in [0.15, 0.2) is 36.4 Å². The molecule has 0 radical (unpaired) electrons. The molecule has 1 N–H and O–H groups in total. The van der Waals surface area contributed by atoms with Gasteiger partial charge in [-0.2, -0.15) is 5.26 Å². The van der Waals surface area contributed by atoms with E-state index in [1.54, 1.807) is 38.1 Å². The summed E-state index contributed by atoms with van der Waals surface area (Å²) in [5, 5.41) is 18.6. The summed E-state index contributed by atoms with van der Waals surface area (Å²) in [6.45, 7) is 3.26. The van der Waals surface area contributed by atoms with Crippen LogP contribution in [0.3, 0.4) is 0 Å². The monoisotopic (exact) mass is 271 g/mol. The SMILES string of the molecule is Cc1cc(Oc2cc(C#N)ccc2[C@H](C)O)ccc1F. The highest BCUT2D eigenvalue weighted by atomic mass is 19.1. The molecule has 0 aliphatic carbocycles. The first-order valence-electron chi connectivity index (χ1n) is 6.17. The van der Waals surface area contributed by atoms with Crippen LogP contribution in [0.1, 0.15) is 29.7 Å². The number of rotatable bonds is 3. The molecule has 0 spiro atoms. The number of hydrogen-bond donors (Lipinski definition) is 1. The smallest absolute Gasteiger partial charge is 0.134 e. The van der Waals surface area contributed by atoms with Crippen LogP contribution in [0.4, 0.5) is 4.39 Å². The summed E-state index contributed by atoms with van der Waals surface area (Å²) in [6, 6.07) is 11.2. The number of aliphatic hydroxyl groups is 1. The van der Waals surface area contributed by atoms with Crippen LogP contribution in [0.2, 0.25) is 0 Å². The zero-order valence-corrected chi connectivity index (χ0v) is 11.2. The minimum Gasteiger partial charge on any atom is -0.457 e. The molecule has 0 bridgehead atoms. The first-order chi connectivity index (χ1) is 9.51. The lowest BCUT2D eigenvalue weighted by atomic mass is 10.1. The quantitative estimate of drug-likeness (QED) is 0.922. The molecule has 0 aliphatic rings. The predicted molar refractivity (Wildman–Crippen MR) is 73.0 cm³/mol. The molecule has 3 nitrogen and oxygen atoms in total. The van der Waals surface area contributed by atoms with Crippen molar-refractivity contribution in [3.8, 4) is 17.6 Å². The summed E-state index contributed by atoms with van der Waals surface area (Å²) in [5.41, 5.74) is 1.48. The van der Waals surface area contributed by atoms with Gasteiger partial charge in [-0.25, -0.2) is 4.39 Å². The summed E-state index contributed by atoms with van der Waals surface area (Å²) in [5.74, 6) is 0.546. The molecule has 0 saturated heterocycles. The second-order valence-corrected chi connectivity index (χ2v) is 4.55. The van der Waals surface area contributed by atoms with Crippen LogP contribution >= 0.6 is 0 Å². The Morgan fingerprint density at radius 2 is 2.00 bits per heavy atom. The topological polar surface area (TPSA) is 53.2 Å². The van der Waals surface area contributed by atoms with Crippen molar-refractivity contribution < 1.29 is 14.2 Å². The molecular formula is C16H14FNO2. The van der Waals surface area contributed by atoms with E-state index in [0.717, 1.165) is 0 Å². The normalized spacial score (nSPS) is 11.8. The number of ether oxygens (including phenoxy) is 1. The molecule has 0 amide bonds. The molecule has 2 aromatic rings.